The van der Waals surface area contributed by atoms with Crippen LogP contribution in [0.2, 0.25) is 0 Å². The predicted octanol–water partition coefficient (Wildman–Crippen LogP) is 2.67. The molecule has 0 radical (unpaired) electrons. The van der Waals surface area contributed by atoms with Gasteiger partial charge in [0.1, 0.15) is 11.4 Å². The van der Waals surface area contributed by atoms with Crippen molar-refractivity contribution < 1.29 is 23.8 Å². The lowest BCUT2D eigenvalue weighted by Gasteiger charge is -2.33. The summed E-state index contributed by atoms with van der Waals surface area (Å²) in [5.41, 5.74) is 0.902. The number of Topliss-reactive ketones (excluding diaryl/α,β-unsaturated/α-hetero) is 1. The standard InChI is InChI=1S/C18H26N2O5/c1-18(2,3)25-17(22)20-7-6-15(21)14(11-20)12-8-13(10-19-9-12)16(23-4)24-5/h8-10,14,16H,6-7,11H2,1-5H3. The Hall–Kier alpha value is -1.99. The number of carbonyl (C=O) groups is 2. The van der Waals surface area contributed by atoms with Gasteiger partial charge in [0.05, 0.1) is 5.92 Å². The number of methoxy groups -OCH3 is 2. The van der Waals surface area contributed by atoms with Crippen LogP contribution in [0.25, 0.3) is 0 Å². The highest BCUT2D eigenvalue weighted by molar-refractivity contribution is 5.88. The van der Waals surface area contributed by atoms with Crippen LogP contribution in [-0.2, 0) is 19.0 Å². The van der Waals surface area contributed by atoms with Crippen molar-refractivity contribution in [3.05, 3.63) is 29.6 Å². The van der Waals surface area contributed by atoms with Crippen LogP contribution < -0.4 is 0 Å². The van der Waals surface area contributed by atoms with Crippen LogP contribution in [0.4, 0.5) is 4.79 Å². The number of hydrogen-bond donors (Lipinski definition) is 0. The quantitative estimate of drug-likeness (QED) is 0.777. The second-order valence-corrected chi connectivity index (χ2v) is 7.05. The van der Waals surface area contributed by atoms with Crippen molar-refractivity contribution in [2.75, 3.05) is 27.3 Å². The molecular weight excluding hydrogens is 324 g/mol. The molecular formula is C18H26N2O5. The summed E-state index contributed by atoms with van der Waals surface area (Å²) in [7, 11) is 3.08. The first kappa shape index (κ1) is 19.3. The van der Waals surface area contributed by atoms with E-state index < -0.39 is 23.9 Å². The molecule has 0 bridgehead atoms. The zero-order valence-corrected chi connectivity index (χ0v) is 15.4. The molecule has 0 aromatic carbocycles. The number of nitrogens with zero attached hydrogens (tertiary/aromatic N) is 2. The van der Waals surface area contributed by atoms with E-state index in [0.29, 0.717) is 13.0 Å². The van der Waals surface area contributed by atoms with Crippen LogP contribution in [0.3, 0.4) is 0 Å². The largest absolute Gasteiger partial charge is 0.444 e. The highest BCUT2D eigenvalue weighted by atomic mass is 16.7. The zero-order valence-electron chi connectivity index (χ0n) is 15.4. The van der Waals surface area contributed by atoms with Gasteiger partial charge in [0.2, 0.25) is 0 Å². The van der Waals surface area contributed by atoms with E-state index in [0.717, 1.165) is 11.1 Å². The van der Waals surface area contributed by atoms with E-state index in [1.807, 2.05) is 26.8 Å². The Labute approximate surface area is 148 Å². The molecule has 0 spiro atoms. The number of amides is 1. The van der Waals surface area contributed by atoms with Crippen molar-refractivity contribution in [3.8, 4) is 0 Å². The minimum Gasteiger partial charge on any atom is -0.444 e. The number of ketones is 1. The third kappa shape index (κ3) is 4.99. The molecule has 2 heterocycles. The molecule has 1 unspecified atom stereocenters. The van der Waals surface area contributed by atoms with Gasteiger partial charge in [-0.2, -0.15) is 0 Å². The first-order valence-electron chi connectivity index (χ1n) is 8.26. The van der Waals surface area contributed by atoms with Gasteiger partial charge < -0.3 is 19.1 Å². The Bertz CT molecular complexity index is 622. The van der Waals surface area contributed by atoms with E-state index in [1.165, 1.54) is 14.2 Å². The summed E-state index contributed by atoms with van der Waals surface area (Å²) in [5, 5.41) is 0. The van der Waals surface area contributed by atoms with Crippen molar-refractivity contribution >= 4 is 11.9 Å². The van der Waals surface area contributed by atoms with Gasteiger partial charge in [-0.25, -0.2) is 4.79 Å². The van der Waals surface area contributed by atoms with Gasteiger partial charge in [0.25, 0.3) is 0 Å². The first-order chi connectivity index (χ1) is 11.7. The van der Waals surface area contributed by atoms with Crippen LogP contribution in [0, 0.1) is 0 Å². The normalized spacial score (nSPS) is 18.6. The zero-order chi connectivity index (χ0) is 18.6. The molecule has 7 heteroatoms. The van der Waals surface area contributed by atoms with Crippen LogP contribution in [0.15, 0.2) is 18.5 Å². The Morgan fingerprint density at radius 1 is 1.28 bits per heavy atom. The minimum absolute atomic E-state index is 0.0881. The number of hydrogen-bond acceptors (Lipinski definition) is 6. The molecule has 1 aromatic heterocycles. The maximum Gasteiger partial charge on any atom is 0.410 e. The maximum atomic E-state index is 12.4. The fourth-order valence-electron chi connectivity index (χ4n) is 2.78. The Morgan fingerprint density at radius 3 is 2.56 bits per heavy atom. The molecule has 1 aromatic rings. The fourth-order valence-corrected chi connectivity index (χ4v) is 2.78. The summed E-state index contributed by atoms with van der Waals surface area (Å²) in [4.78, 5) is 30.5. The minimum atomic E-state index is -0.570. The summed E-state index contributed by atoms with van der Waals surface area (Å²) >= 11 is 0. The van der Waals surface area contributed by atoms with Crippen LogP contribution in [-0.4, -0.2) is 54.7 Å². The Balaban J connectivity index is 2.18. The average Bonchev–Trinajstić information content (AvgIpc) is 2.55. The number of likely N-dealkylation sites (tertiary alicyclic amines) is 1. The molecule has 25 heavy (non-hydrogen) atoms. The van der Waals surface area contributed by atoms with Crippen LogP contribution in [0.1, 0.15) is 50.5 Å². The van der Waals surface area contributed by atoms with E-state index in [1.54, 1.807) is 17.3 Å². The summed E-state index contributed by atoms with van der Waals surface area (Å²) in [6.45, 7) is 6.11. The molecule has 0 saturated carbocycles. The molecule has 1 saturated heterocycles. The molecule has 1 atom stereocenters. The van der Waals surface area contributed by atoms with Gasteiger partial charge in [-0.1, -0.05) is 0 Å². The summed E-state index contributed by atoms with van der Waals surface area (Å²) in [6.07, 6.45) is 2.63. The molecule has 1 fully saturated rings. The Morgan fingerprint density at radius 2 is 1.96 bits per heavy atom. The van der Waals surface area contributed by atoms with E-state index in [2.05, 4.69) is 4.98 Å². The molecule has 1 amide bonds. The lowest BCUT2D eigenvalue weighted by atomic mass is 9.90. The molecule has 138 valence electrons. The second kappa shape index (κ2) is 7.93. The number of pyridine rings is 1. The number of rotatable bonds is 4. The van der Waals surface area contributed by atoms with E-state index in [9.17, 15) is 9.59 Å². The third-order valence-corrected chi connectivity index (χ3v) is 3.95. The molecule has 0 N–H and O–H groups in total. The van der Waals surface area contributed by atoms with E-state index in [-0.39, 0.29) is 12.3 Å². The monoisotopic (exact) mass is 350 g/mol. The number of ether oxygens (including phenoxy) is 3. The van der Waals surface area contributed by atoms with Crippen molar-refractivity contribution in [2.24, 2.45) is 0 Å². The second-order valence-electron chi connectivity index (χ2n) is 7.05. The summed E-state index contributed by atoms with van der Waals surface area (Å²) in [5.74, 6) is -0.340. The summed E-state index contributed by atoms with van der Waals surface area (Å²) < 4.78 is 15.9. The van der Waals surface area contributed by atoms with Crippen molar-refractivity contribution in [2.45, 2.75) is 45.0 Å². The first-order valence-corrected chi connectivity index (χ1v) is 8.26. The van der Waals surface area contributed by atoms with Crippen molar-refractivity contribution in [1.29, 1.82) is 0 Å². The van der Waals surface area contributed by atoms with Crippen molar-refractivity contribution in [3.63, 3.8) is 0 Å². The smallest absolute Gasteiger partial charge is 0.410 e. The molecule has 0 aliphatic carbocycles. The highest BCUT2D eigenvalue weighted by Crippen LogP contribution is 2.27. The maximum absolute atomic E-state index is 12.4. The summed E-state index contributed by atoms with van der Waals surface area (Å²) in [6, 6.07) is 1.84. The predicted molar refractivity (Wildman–Crippen MR) is 91.2 cm³/mol. The molecule has 2 rings (SSSR count). The van der Waals surface area contributed by atoms with Crippen LogP contribution >= 0.6 is 0 Å². The van der Waals surface area contributed by atoms with E-state index in [4.69, 9.17) is 14.2 Å². The lowest BCUT2D eigenvalue weighted by Crippen LogP contribution is -2.45. The van der Waals surface area contributed by atoms with Gasteiger partial charge >= 0.3 is 6.09 Å². The van der Waals surface area contributed by atoms with Gasteiger partial charge in [-0.15, -0.1) is 0 Å². The number of piperidine rings is 1. The third-order valence-electron chi connectivity index (χ3n) is 3.95. The van der Waals surface area contributed by atoms with Crippen LogP contribution in [0.5, 0.6) is 0 Å². The number of carbonyl (C=O) groups excluding carboxylic acids is 2. The fraction of sp³-hybridized carbons (Fsp3) is 0.611. The molecule has 1 aliphatic heterocycles. The lowest BCUT2D eigenvalue weighted by molar-refractivity contribution is -0.123. The van der Waals surface area contributed by atoms with E-state index >= 15 is 0 Å². The highest BCUT2D eigenvalue weighted by Gasteiger charge is 2.33. The Kier molecular flexibility index (Phi) is 6.13. The van der Waals surface area contributed by atoms with Gasteiger partial charge in [-0.3, -0.25) is 9.78 Å². The van der Waals surface area contributed by atoms with Crippen molar-refractivity contribution in [1.82, 2.24) is 9.88 Å². The SMILES string of the molecule is COC(OC)c1cncc(C2CN(C(=O)OC(C)(C)C)CCC2=O)c1. The van der Waals surface area contributed by atoms with Gasteiger partial charge in [-0.05, 0) is 32.4 Å². The van der Waals surface area contributed by atoms with Gasteiger partial charge in [0, 0.05) is 51.7 Å². The molecule has 1 aliphatic rings. The average molecular weight is 350 g/mol. The van der Waals surface area contributed by atoms with Gasteiger partial charge in [0.15, 0.2) is 6.29 Å². The molecule has 7 nitrogen and oxygen atoms in total. The topological polar surface area (TPSA) is 78.0 Å². The number of aromatic nitrogens is 1.